The molecule has 0 atom stereocenters. The van der Waals surface area contributed by atoms with Gasteiger partial charge >= 0.3 is 0 Å². The molecule has 0 unspecified atom stereocenters. The minimum absolute atomic E-state index is 0.221. The van der Waals surface area contributed by atoms with Gasteiger partial charge in [-0.15, -0.1) is 0 Å². The maximum atomic E-state index is 11.5. The average Bonchev–Trinajstić information content (AvgIpc) is 2.67. The second kappa shape index (κ2) is 6.40. The lowest BCUT2D eigenvalue weighted by atomic mass is 10.1. The largest absolute Gasteiger partial charge is 0.396 e. The Morgan fingerprint density at radius 3 is 2.93 bits per heavy atom. The zero-order valence-corrected chi connectivity index (χ0v) is 9.28. The lowest BCUT2D eigenvalue weighted by Crippen LogP contribution is -1.98. The Morgan fingerprint density at radius 2 is 2.27 bits per heavy atom. The molecule has 1 aromatic rings. The molecule has 3 nitrogen and oxygen atoms in total. The number of Topliss-reactive ketones (excluding diaryl/α,β-unsaturated/α-hetero) is 1. The van der Waals surface area contributed by atoms with Crippen molar-refractivity contribution in [1.82, 2.24) is 4.57 Å². The summed E-state index contributed by atoms with van der Waals surface area (Å²) in [5, 5.41) is 8.64. The number of hydrogen-bond donors (Lipinski definition) is 1. The molecule has 0 aliphatic carbocycles. The van der Waals surface area contributed by atoms with Gasteiger partial charge in [-0.3, -0.25) is 4.79 Å². The Kier molecular flexibility index (Phi) is 5.12. The SMILES string of the molecule is CCCC(=O)c1ccn(CCCCO)c1. The Bertz CT molecular complexity index is 304. The second-order valence-corrected chi connectivity index (χ2v) is 3.74. The van der Waals surface area contributed by atoms with E-state index in [1.807, 2.05) is 30.0 Å². The van der Waals surface area contributed by atoms with E-state index in [1.54, 1.807) is 0 Å². The van der Waals surface area contributed by atoms with Crippen LogP contribution in [0.15, 0.2) is 18.5 Å². The first kappa shape index (κ1) is 12.0. The molecule has 15 heavy (non-hydrogen) atoms. The molecular weight excluding hydrogens is 190 g/mol. The van der Waals surface area contributed by atoms with Crippen molar-refractivity contribution in [2.75, 3.05) is 6.61 Å². The van der Waals surface area contributed by atoms with E-state index < -0.39 is 0 Å². The lowest BCUT2D eigenvalue weighted by Gasteiger charge is -2.00. The number of carbonyl (C=O) groups excluding carboxylic acids is 1. The van der Waals surface area contributed by atoms with Crippen LogP contribution in [0.5, 0.6) is 0 Å². The summed E-state index contributed by atoms with van der Waals surface area (Å²) in [5.41, 5.74) is 0.806. The van der Waals surface area contributed by atoms with Crippen molar-refractivity contribution in [3.8, 4) is 0 Å². The zero-order valence-electron chi connectivity index (χ0n) is 9.28. The van der Waals surface area contributed by atoms with Crippen molar-refractivity contribution in [3.63, 3.8) is 0 Å². The van der Waals surface area contributed by atoms with Crippen LogP contribution in [0.4, 0.5) is 0 Å². The number of aliphatic hydroxyl groups is 1. The van der Waals surface area contributed by atoms with E-state index in [2.05, 4.69) is 0 Å². The first-order valence-electron chi connectivity index (χ1n) is 5.57. The molecule has 1 rings (SSSR count). The highest BCUT2D eigenvalue weighted by Gasteiger charge is 2.05. The minimum atomic E-state index is 0.221. The van der Waals surface area contributed by atoms with E-state index in [0.29, 0.717) is 6.42 Å². The molecule has 0 amide bonds. The standard InChI is InChI=1S/C12H19NO2/c1-2-5-12(15)11-6-8-13(10-11)7-3-4-9-14/h6,8,10,14H,2-5,7,9H2,1H3. The van der Waals surface area contributed by atoms with Gasteiger partial charge in [-0.25, -0.2) is 0 Å². The van der Waals surface area contributed by atoms with Gasteiger partial charge in [0.1, 0.15) is 0 Å². The van der Waals surface area contributed by atoms with E-state index in [4.69, 9.17) is 5.11 Å². The molecular formula is C12H19NO2. The number of unbranched alkanes of at least 4 members (excludes halogenated alkanes) is 1. The van der Waals surface area contributed by atoms with Crippen LogP contribution in [-0.4, -0.2) is 22.1 Å². The Morgan fingerprint density at radius 1 is 1.47 bits per heavy atom. The van der Waals surface area contributed by atoms with Gasteiger partial charge in [0, 0.05) is 37.5 Å². The van der Waals surface area contributed by atoms with Gasteiger partial charge in [-0.2, -0.15) is 0 Å². The Balaban J connectivity index is 2.45. The first-order valence-corrected chi connectivity index (χ1v) is 5.57. The predicted molar refractivity (Wildman–Crippen MR) is 60.0 cm³/mol. The molecule has 1 heterocycles. The zero-order chi connectivity index (χ0) is 11.1. The predicted octanol–water partition coefficient (Wildman–Crippen LogP) is 2.24. The first-order chi connectivity index (χ1) is 7.27. The van der Waals surface area contributed by atoms with Crippen LogP contribution in [0.25, 0.3) is 0 Å². The van der Waals surface area contributed by atoms with Crippen LogP contribution < -0.4 is 0 Å². The number of ketones is 1. The maximum absolute atomic E-state index is 11.5. The van der Waals surface area contributed by atoms with E-state index >= 15 is 0 Å². The van der Waals surface area contributed by atoms with Crippen molar-refractivity contribution < 1.29 is 9.90 Å². The number of rotatable bonds is 7. The summed E-state index contributed by atoms with van der Waals surface area (Å²) in [5.74, 6) is 0.221. The van der Waals surface area contributed by atoms with Gasteiger partial charge in [-0.1, -0.05) is 6.92 Å². The summed E-state index contributed by atoms with van der Waals surface area (Å²) in [6.45, 7) is 3.12. The minimum Gasteiger partial charge on any atom is -0.396 e. The highest BCUT2D eigenvalue weighted by molar-refractivity contribution is 5.95. The van der Waals surface area contributed by atoms with Crippen LogP contribution >= 0.6 is 0 Å². The van der Waals surface area contributed by atoms with E-state index in [0.717, 1.165) is 31.4 Å². The van der Waals surface area contributed by atoms with Crippen molar-refractivity contribution in [3.05, 3.63) is 24.0 Å². The number of aryl methyl sites for hydroxylation is 1. The van der Waals surface area contributed by atoms with Gasteiger partial charge in [0.15, 0.2) is 5.78 Å². The Hall–Kier alpha value is -1.09. The summed E-state index contributed by atoms with van der Waals surface area (Å²) < 4.78 is 2.01. The summed E-state index contributed by atoms with van der Waals surface area (Å²) in [4.78, 5) is 11.5. The third kappa shape index (κ3) is 3.88. The van der Waals surface area contributed by atoms with Gasteiger partial charge < -0.3 is 9.67 Å². The number of aromatic nitrogens is 1. The smallest absolute Gasteiger partial charge is 0.164 e. The van der Waals surface area contributed by atoms with Crippen molar-refractivity contribution in [1.29, 1.82) is 0 Å². The molecule has 0 spiro atoms. The second-order valence-electron chi connectivity index (χ2n) is 3.74. The van der Waals surface area contributed by atoms with Crippen LogP contribution in [-0.2, 0) is 6.54 Å². The van der Waals surface area contributed by atoms with Gasteiger partial charge in [0.2, 0.25) is 0 Å². The molecule has 0 saturated carbocycles. The van der Waals surface area contributed by atoms with E-state index in [1.165, 1.54) is 0 Å². The maximum Gasteiger partial charge on any atom is 0.164 e. The van der Waals surface area contributed by atoms with Crippen molar-refractivity contribution in [2.45, 2.75) is 39.2 Å². The highest BCUT2D eigenvalue weighted by atomic mass is 16.2. The summed E-state index contributed by atoms with van der Waals surface area (Å²) in [6, 6.07) is 1.87. The summed E-state index contributed by atoms with van der Waals surface area (Å²) in [6.07, 6.45) is 7.12. The molecule has 0 aliphatic rings. The average molecular weight is 209 g/mol. The van der Waals surface area contributed by atoms with Crippen LogP contribution in [0, 0.1) is 0 Å². The summed E-state index contributed by atoms with van der Waals surface area (Å²) >= 11 is 0. The fraction of sp³-hybridized carbons (Fsp3) is 0.583. The van der Waals surface area contributed by atoms with Crippen molar-refractivity contribution >= 4 is 5.78 Å². The van der Waals surface area contributed by atoms with Crippen LogP contribution in [0.1, 0.15) is 43.0 Å². The fourth-order valence-electron chi connectivity index (χ4n) is 1.52. The number of hydrogen-bond acceptors (Lipinski definition) is 2. The monoisotopic (exact) mass is 209 g/mol. The fourth-order valence-corrected chi connectivity index (χ4v) is 1.52. The van der Waals surface area contributed by atoms with Gasteiger partial charge in [0.25, 0.3) is 0 Å². The molecule has 84 valence electrons. The molecule has 0 saturated heterocycles. The normalized spacial score (nSPS) is 10.5. The molecule has 1 aromatic heterocycles. The number of nitrogens with zero attached hydrogens (tertiary/aromatic N) is 1. The molecule has 0 aliphatic heterocycles. The van der Waals surface area contributed by atoms with Crippen LogP contribution in [0.2, 0.25) is 0 Å². The highest BCUT2D eigenvalue weighted by Crippen LogP contribution is 2.07. The topological polar surface area (TPSA) is 42.2 Å². The Labute approximate surface area is 90.7 Å². The molecule has 0 aromatic carbocycles. The third-order valence-electron chi connectivity index (χ3n) is 2.37. The quantitative estimate of drug-likeness (QED) is 0.553. The number of aliphatic hydroxyl groups excluding tert-OH is 1. The van der Waals surface area contributed by atoms with Gasteiger partial charge in [-0.05, 0) is 25.3 Å². The molecule has 3 heteroatoms. The lowest BCUT2D eigenvalue weighted by molar-refractivity contribution is 0.0981. The van der Waals surface area contributed by atoms with E-state index in [9.17, 15) is 4.79 Å². The molecule has 1 N–H and O–H groups in total. The summed E-state index contributed by atoms with van der Waals surface area (Å²) in [7, 11) is 0. The third-order valence-corrected chi connectivity index (χ3v) is 2.37. The molecule has 0 bridgehead atoms. The molecule has 0 fully saturated rings. The van der Waals surface area contributed by atoms with Gasteiger partial charge in [0.05, 0.1) is 0 Å². The number of carbonyl (C=O) groups is 1. The van der Waals surface area contributed by atoms with Crippen LogP contribution in [0.3, 0.4) is 0 Å². The van der Waals surface area contributed by atoms with Crippen molar-refractivity contribution in [2.24, 2.45) is 0 Å². The molecule has 0 radical (unpaired) electrons. The van der Waals surface area contributed by atoms with E-state index in [-0.39, 0.29) is 12.4 Å².